The van der Waals surface area contributed by atoms with Crippen molar-refractivity contribution in [3.05, 3.63) is 0 Å². The van der Waals surface area contributed by atoms with Gasteiger partial charge in [-0.25, -0.2) is 0 Å². The topological polar surface area (TPSA) is 324 Å². The van der Waals surface area contributed by atoms with E-state index in [1.54, 1.807) is 0 Å². The summed E-state index contributed by atoms with van der Waals surface area (Å²) in [5.74, 6) is -5.56. The van der Waals surface area contributed by atoms with E-state index in [2.05, 4.69) is 159 Å². The van der Waals surface area contributed by atoms with Crippen molar-refractivity contribution in [1.29, 1.82) is 0 Å². The molecule has 4 atom stereocenters. The predicted molar refractivity (Wildman–Crippen MR) is 336 cm³/mol. The van der Waals surface area contributed by atoms with Crippen LogP contribution in [0.3, 0.4) is 0 Å². The molecule has 8 N–H and O–H groups in total. The van der Waals surface area contributed by atoms with Crippen LogP contribution in [0.4, 0.5) is 0 Å². The molecule has 8 fully saturated rings. The maximum absolute atomic E-state index is 12.1. The van der Waals surface area contributed by atoms with Crippen LogP contribution in [-0.2, 0) is 38.4 Å². The van der Waals surface area contributed by atoms with Crippen LogP contribution in [0.1, 0.15) is 188 Å². The van der Waals surface area contributed by atoms with Crippen molar-refractivity contribution in [2.24, 2.45) is 29.1 Å². The zero-order chi connectivity index (χ0) is 68.5. The third-order valence-electron chi connectivity index (χ3n) is 22.3. The normalized spacial score (nSPS) is 28.9. The number of aliphatic hydroxyl groups is 4. The molecule has 512 valence electrons. The van der Waals surface area contributed by atoms with Crippen LogP contribution in [0.25, 0.3) is 0 Å². The Hall–Kier alpha value is -4.56. The zero-order valence-corrected chi connectivity index (χ0v) is 57.7. The summed E-state index contributed by atoms with van der Waals surface area (Å²) in [7, 11) is 8.51. The fourth-order valence-corrected chi connectivity index (χ4v) is 15.5. The Labute approximate surface area is 530 Å². The number of hydrogen-bond acceptors (Lipinski definition) is 16. The molecular formula is C65H116N8O16. The lowest BCUT2D eigenvalue weighted by molar-refractivity contribution is -0.142. The van der Waals surface area contributed by atoms with Gasteiger partial charge in [-0.15, -0.1) is 0 Å². The van der Waals surface area contributed by atoms with Crippen LogP contribution in [-0.4, -0.2) is 277 Å². The minimum atomic E-state index is -1.11. The third-order valence-corrected chi connectivity index (χ3v) is 22.3. The van der Waals surface area contributed by atoms with E-state index < -0.39 is 79.4 Å². The molecule has 0 saturated carbocycles. The van der Waals surface area contributed by atoms with Crippen LogP contribution in [0.2, 0.25) is 0 Å². The fourth-order valence-electron chi connectivity index (χ4n) is 15.5. The Morgan fingerprint density at radius 1 is 0.326 bits per heavy atom. The number of carboxylic acid groups (broad SMARTS) is 4. The van der Waals surface area contributed by atoms with Crippen molar-refractivity contribution in [3.63, 3.8) is 0 Å². The summed E-state index contributed by atoms with van der Waals surface area (Å²) in [5.41, 5.74) is -1.05. The van der Waals surface area contributed by atoms with Crippen molar-refractivity contribution in [2.75, 3.05) is 80.8 Å². The summed E-state index contributed by atoms with van der Waals surface area (Å²) < 4.78 is 0. The summed E-state index contributed by atoms with van der Waals surface area (Å²) in [6, 6.07) is 0.585. The average Bonchev–Trinajstić information content (AvgIpc) is 1.87. The van der Waals surface area contributed by atoms with Crippen LogP contribution in [0.15, 0.2) is 0 Å². The van der Waals surface area contributed by atoms with E-state index in [4.69, 9.17) is 40.9 Å². The van der Waals surface area contributed by atoms with Gasteiger partial charge in [0.1, 0.15) is 0 Å². The van der Waals surface area contributed by atoms with Crippen molar-refractivity contribution < 1.29 is 79.2 Å². The number of carboxylic acids is 4. The summed E-state index contributed by atoms with van der Waals surface area (Å²) in [6.07, 6.45) is 7.77. The number of carbonyl (C=O) groups excluding carboxylic acids is 4. The van der Waals surface area contributed by atoms with Gasteiger partial charge in [0, 0.05) is 120 Å². The smallest absolute Gasteiger partial charge is 0.308 e. The van der Waals surface area contributed by atoms with Gasteiger partial charge in [0.15, 0.2) is 0 Å². The number of rotatable bonds is 12. The second kappa shape index (κ2) is 28.3. The number of aliphatic hydroxyl groups excluding tert-OH is 4. The minimum Gasteiger partial charge on any atom is -0.481 e. The van der Waals surface area contributed by atoms with Gasteiger partial charge in [0.25, 0.3) is 0 Å². The molecular weight excluding hydrogens is 1150 g/mol. The van der Waals surface area contributed by atoms with Crippen LogP contribution < -0.4 is 0 Å². The van der Waals surface area contributed by atoms with Gasteiger partial charge < -0.3 is 60.5 Å². The lowest BCUT2D eigenvalue weighted by atomic mass is 9.77. The molecule has 0 bridgehead atoms. The fraction of sp³-hybridized carbons (Fsp3) is 0.877. The quantitative estimate of drug-likeness (QED) is 0.136. The van der Waals surface area contributed by atoms with E-state index in [1.165, 1.54) is 0 Å². The lowest BCUT2D eigenvalue weighted by Gasteiger charge is -2.55. The van der Waals surface area contributed by atoms with Crippen molar-refractivity contribution in [3.8, 4) is 0 Å². The molecule has 0 aromatic rings. The van der Waals surface area contributed by atoms with Gasteiger partial charge >= 0.3 is 23.9 Å². The minimum absolute atomic E-state index is 0.00134. The highest BCUT2D eigenvalue weighted by atomic mass is 16.4. The van der Waals surface area contributed by atoms with E-state index in [1.807, 2.05) is 19.6 Å². The molecule has 89 heavy (non-hydrogen) atoms. The van der Waals surface area contributed by atoms with Gasteiger partial charge in [-0.05, 0) is 190 Å². The standard InChI is InChI=1S/4C15H26N2O3.C5H12O4/c4*1-14(2)7-11(8-15(3,4)16(14)5)17-9-10(13(19)20)6-12(17)18;6-1-5(2-7,3-8)4-9/h4*10-11H,6-9H2,1-5H3,(H,19,20);6-9H,1-4H2. The third kappa shape index (κ3) is 18.0. The van der Waals surface area contributed by atoms with E-state index in [-0.39, 0.29) is 118 Å². The maximum Gasteiger partial charge on any atom is 0.308 e. The number of aliphatic carboxylic acids is 4. The van der Waals surface area contributed by atoms with E-state index >= 15 is 0 Å². The highest BCUT2D eigenvalue weighted by Gasteiger charge is 2.53. The second-order valence-corrected chi connectivity index (χ2v) is 32.3. The Kier molecular flexibility index (Phi) is 24.5. The molecule has 8 saturated heterocycles. The summed E-state index contributed by atoms with van der Waals surface area (Å²) in [4.78, 5) is 110. The summed E-state index contributed by atoms with van der Waals surface area (Å²) >= 11 is 0. The zero-order valence-electron chi connectivity index (χ0n) is 57.7. The highest BCUT2D eigenvalue weighted by Crippen LogP contribution is 2.45. The predicted octanol–water partition coefficient (Wildman–Crippen LogP) is 4.23. The molecule has 8 rings (SSSR count). The SMILES string of the molecule is CN1C(C)(C)CC(N2CC(C(=O)O)CC2=O)CC1(C)C.CN1C(C)(C)CC(N2CC(C(=O)O)CC2=O)CC1(C)C.CN1C(C)(C)CC(N2CC(C(=O)O)CC2=O)CC1(C)C.CN1C(C)(C)CC(N2CC(C(=O)O)CC2=O)CC1(C)C.OCC(CO)(CO)CO. The Morgan fingerprint density at radius 3 is 0.551 bits per heavy atom. The second-order valence-electron chi connectivity index (χ2n) is 32.3. The van der Waals surface area contributed by atoms with Crippen LogP contribution in [0.5, 0.6) is 0 Å². The monoisotopic (exact) mass is 1260 g/mol. The van der Waals surface area contributed by atoms with Gasteiger partial charge in [0.05, 0.1) is 55.5 Å². The number of hydrogen-bond donors (Lipinski definition) is 8. The number of piperidine rings is 4. The number of carbonyl (C=O) groups is 8. The Balaban J connectivity index is 0.000000242. The Morgan fingerprint density at radius 2 is 0.461 bits per heavy atom. The maximum atomic E-state index is 12.1. The molecule has 0 radical (unpaired) electrons. The molecule has 4 amide bonds. The molecule has 4 unspecified atom stereocenters. The molecule has 0 aromatic heterocycles. The van der Waals surface area contributed by atoms with E-state index in [0.29, 0.717) is 26.2 Å². The molecule has 8 aliphatic heterocycles. The molecule has 8 aliphatic rings. The number of amides is 4. The van der Waals surface area contributed by atoms with E-state index in [9.17, 15) is 38.4 Å². The van der Waals surface area contributed by atoms with Crippen LogP contribution in [0, 0.1) is 29.1 Å². The van der Waals surface area contributed by atoms with Gasteiger partial charge in [-0.1, -0.05) is 0 Å². The number of nitrogens with zero attached hydrogens (tertiary/aromatic N) is 8. The highest BCUT2D eigenvalue weighted by molar-refractivity contribution is 5.88. The average molecular weight is 1270 g/mol. The molecule has 0 aliphatic carbocycles. The van der Waals surface area contributed by atoms with Crippen molar-refractivity contribution in [2.45, 2.75) is 256 Å². The van der Waals surface area contributed by atoms with Crippen molar-refractivity contribution in [1.82, 2.24) is 39.2 Å². The Bertz CT molecular complexity index is 2140. The first-order chi connectivity index (χ1) is 40.4. The molecule has 8 heterocycles. The summed E-state index contributed by atoms with van der Waals surface area (Å²) in [5, 5.41) is 70.4. The largest absolute Gasteiger partial charge is 0.481 e. The first-order valence-corrected chi connectivity index (χ1v) is 31.9. The van der Waals surface area contributed by atoms with E-state index in [0.717, 1.165) is 51.4 Å². The van der Waals surface area contributed by atoms with Gasteiger partial charge in [-0.2, -0.15) is 0 Å². The molecule has 24 heteroatoms. The van der Waals surface area contributed by atoms with Gasteiger partial charge in [-0.3, -0.25) is 58.0 Å². The molecule has 0 aromatic carbocycles. The van der Waals surface area contributed by atoms with Crippen molar-refractivity contribution >= 4 is 47.5 Å². The first-order valence-electron chi connectivity index (χ1n) is 31.9. The molecule has 0 spiro atoms. The lowest BCUT2D eigenvalue weighted by Crippen LogP contribution is -2.62. The van der Waals surface area contributed by atoms with Gasteiger partial charge in [0.2, 0.25) is 23.6 Å². The first kappa shape index (κ1) is 76.9. The number of likely N-dealkylation sites (tertiary alicyclic amines) is 8. The van der Waals surface area contributed by atoms with Crippen LogP contribution >= 0.6 is 0 Å². The molecule has 24 nitrogen and oxygen atoms in total. The summed E-state index contributed by atoms with van der Waals surface area (Å²) in [6.45, 7) is 34.9.